The van der Waals surface area contributed by atoms with Gasteiger partial charge in [-0.15, -0.1) is 5.10 Å². The Bertz CT molecular complexity index is 767. The quantitative estimate of drug-likeness (QED) is 0.796. The SMILES string of the molecule is Cc1cc(NCc2ccc(Cl)c(Cl)c2)nn2ccnc12. The van der Waals surface area contributed by atoms with Gasteiger partial charge >= 0.3 is 0 Å². The van der Waals surface area contributed by atoms with E-state index in [4.69, 9.17) is 23.2 Å². The van der Waals surface area contributed by atoms with Crippen LogP contribution in [0.25, 0.3) is 5.65 Å². The molecule has 0 radical (unpaired) electrons. The first-order valence-electron chi connectivity index (χ1n) is 6.12. The lowest BCUT2D eigenvalue weighted by Crippen LogP contribution is -2.05. The standard InChI is InChI=1S/C14H12Cl2N4/c1-9-6-13(19-20-5-4-17-14(9)20)18-8-10-2-3-11(15)12(16)7-10/h2-7H,8H2,1H3,(H,18,19). The van der Waals surface area contributed by atoms with Crippen LogP contribution in [-0.2, 0) is 6.54 Å². The molecule has 0 unspecified atom stereocenters. The highest BCUT2D eigenvalue weighted by molar-refractivity contribution is 6.42. The Hall–Kier alpha value is -1.78. The molecule has 0 saturated carbocycles. The van der Waals surface area contributed by atoms with E-state index in [0.717, 1.165) is 22.6 Å². The number of aromatic nitrogens is 3. The van der Waals surface area contributed by atoms with Gasteiger partial charge in [0.1, 0.15) is 5.82 Å². The normalized spacial score (nSPS) is 10.9. The first-order valence-corrected chi connectivity index (χ1v) is 6.88. The number of fused-ring (bicyclic) bond motifs is 1. The van der Waals surface area contributed by atoms with Crippen LogP contribution in [0.2, 0.25) is 10.0 Å². The zero-order valence-electron chi connectivity index (χ0n) is 10.8. The van der Waals surface area contributed by atoms with Gasteiger partial charge in [-0.3, -0.25) is 0 Å². The minimum absolute atomic E-state index is 0.556. The van der Waals surface area contributed by atoms with Crippen molar-refractivity contribution in [2.45, 2.75) is 13.5 Å². The molecule has 102 valence electrons. The average Bonchev–Trinajstić information content (AvgIpc) is 2.89. The van der Waals surface area contributed by atoms with Crippen LogP contribution >= 0.6 is 23.2 Å². The number of benzene rings is 1. The molecule has 0 atom stereocenters. The van der Waals surface area contributed by atoms with Crippen LogP contribution in [0.5, 0.6) is 0 Å². The van der Waals surface area contributed by atoms with Gasteiger partial charge in [0.2, 0.25) is 0 Å². The van der Waals surface area contributed by atoms with E-state index in [0.29, 0.717) is 16.6 Å². The summed E-state index contributed by atoms with van der Waals surface area (Å²) in [6.07, 6.45) is 3.56. The largest absolute Gasteiger partial charge is 0.365 e. The number of anilines is 1. The van der Waals surface area contributed by atoms with Crippen LogP contribution in [0.1, 0.15) is 11.1 Å². The van der Waals surface area contributed by atoms with Crippen molar-refractivity contribution in [1.29, 1.82) is 0 Å². The Labute approximate surface area is 126 Å². The molecule has 0 aliphatic carbocycles. The van der Waals surface area contributed by atoms with E-state index in [9.17, 15) is 0 Å². The molecule has 2 heterocycles. The second-order valence-electron chi connectivity index (χ2n) is 4.51. The molecule has 3 aromatic rings. The molecule has 0 aliphatic heterocycles. The van der Waals surface area contributed by atoms with Crippen LogP contribution in [0, 0.1) is 6.92 Å². The first-order chi connectivity index (χ1) is 9.63. The maximum atomic E-state index is 6.00. The van der Waals surface area contributed by atoms with Crippen molar-refractivity contribution >= 4 is 34.7 Å². The molecule has 2 aromatic heterocycles. The van der Waals surface area contributed by atoms with Crippen molar-refractivity contribution < 1.29 is 0 Å². The van der Waals surface area contributed by atoms with E-state index in [-0.39, 0.29) is 0 Å². The maximum absolute atomic E-state index is 6.00. The summed E-state index contributed by atoms with van der Waals surface area (Å²) in [4.78, 5) is 4.24. The van der Waals surface area contributed by atoms with Crippen molar-refractivity contribution in [2.24, 2.45) is 0 Å². The number of imidazole rings is 1. The van der Waals surface area contributed by atoms with Gasteiger partial charge in [0.15, 0.2) is 5.65 Å². The van der Waals surface area contributed by atoms with Crippen LogP contribution < -0.4 is 5.32 Å². The third-order valence-electron chi connectivity index (χ3n) is 3.00. The summed E-state index contributed by atoms with van der Waals surface area (Å²) in [7, 11) is 0. The van der Waals surface area contributed by atoms with E-state index >= 15 is 0 Å². The molecule has 3 rings (SSSR count). The van der Waals surface area contributed by atoms with Gasteiger partial charge in [0.05, 0.1) is 10.0 Å². The number of rotatable bonds is 3. The zero-order chi connectivity index (χ0) is 14.1. The Morgan fingerprint density at radius 3 is 2.85 bits per heavy atom. The fourth-order valence-electron chi connectivity index (χ4n) is 2.00. The Morgan fingerprint density at radius 2 is 2.05 bits per heavy atom. The molecular weight excluding hydrogens is 295 g/mol. The number of halogens is 2. The van der Waals surface area contributed by atoms with E-state index in [1.807, 2.05) is 31.3 Å². The highest BCUT2D eigenvalue weighted by Crippen LogP contribution is 2.23. The summed E-state index contributed by atoms with van der Waals surface area (Å²) < 4.78 is 1.76. The summed E-state index contributed by atoms with van der Waals surface area (Å²) >= 11 is 11.9. The summed E-state index contributed by atoms with van der Waals surface area (Å²) in [5, 5.41) is 8.82. The first kappa shape index (κ1) is 13.2. The van der Waals surface area contributed by atoms with E-state index in [1.54, 1.807) is 16.8 Å². The van der Waals surface area contributed by atoms with Crippen molar-refractivity contribution in [3.05, 3.63) is 57.8 Å². The predicted octanol–water partition coefficient (Wildman–Crippen LogP) is 3.96. The third-order valence-corrected chi connectivity index (χ3v) is 3.74. The Balaban J connectivity index is 1.80. The molecule has 20 heavy (non-hydrogen) atoms. The molecule has 0 bridgehead atoms. The van der Waals surface area contributed by atoms with E-state index in [1.165, 1.54) is 0 Å². The fourth-order valence-corrected chi connectivity index (χ4v) is 2.32. The molecule has 1 aromatic carbocycles. The smallest absolute Gasteiger partial charge is 0.156 e. The van der Waals surface area contributed by atoms with Crippen LogP contribution in [-0.4, -0.2) is 14.6 Å². The monoisotopic (exact) mass is 306 g/mol. The fraction of sp³-hybridized carbons (Fsp3) is 0.143. The number of aryl methyl sites for hydroxylation is 1. The van der Waals surface area contributed by atoms with Gasteiger partial charge in [-0.1, -0.05) is 29.3 Å². The molecule has 4 nitrogen and oxygen atoms in total. The van der Waals surface area contributed by atoms with Gasteiger partial charge in [0, 0.05) is 18.9 Å². The highest BCUT2D eigenvalue weighted by Gasteiger charge is 2.04. The molecule has 0 spiro atoms. The summed E-state index contributed by atoms with van der Waals surface area (Å²) in [6, 6.07) is 7.54. The third kappa shape index (κ3) is 2.57. The molecule has 0 aliphatic rings. The predicted molar refractivity (Wildman–Crippen MR) is 81.5 cm³/mol. The van der Waals surface area contributed by atoms with Crippen LogP contribution in [0.4, 0.5) is 5.82 Å². The summed E-state index contributed by atoms with van der Waals surface area (Å²) in [5.74, 6) is 0.791. The van der Waals surface area contributed by atoms with Crippen LogP contribution in [0.3, 0.4) is 0 Å². The van der Waals surface area contributed by atoms with Crippen molar-refractivity contribution in [3.8, 4) is 0 Å². The number of hydrogen-bond donors (Lipinski definition) is 1. The van der Waals surface area contributed by atoms with Gasteiger partial charge < -0.3 is 5.32 Å². The summed E-state index contributed by atoms with van der Waals surface area (Å²) in [6.45, 7) is 2.64. The number of nitrogens with zero attached hydrogens (tertiary/aromatic N) is 3. The lowest BCUT2D eigenvalue weighted by molar-refractivity contribution is 0.918. The lowest BCUT2D eigenvalue weighted by Gasteiger charge is -2.08. The zero-order valence-corrected chi connectivity index (χ0v) is 12.3. The topological polar surface area (TPSA) is 42.2 Å². The van der Waals surface area contributed by atoms with Gasteiger partial charge in [-0.05, 0) is 36.2 Å². The average molecular weight is 307 g/mol. The molecule has 1 N–H and O–H groups in total. The molecular formula is C14H12Cl2N4. The Kier molecular flexibility index (Phi) is 3.51. The van der Waals surface area contributed by atoms with Crippen molar-refractivity contribution in [1.82, 2.24) is 14.6 Å². The van der Waals surface area contributed by atoms with Crippen LogP contribution in [0.15, 0.2) is 36.7 Å². The van der Waals surface area contributed by atoms with Crippen molar-refractivity contribution in [3.63, 3.8) is 0 Å². The summed E-state index contributed by atoms with van der Waals surface area (Å²) in [5.41, 5.74) is 2.98. The van der Waals surface area contributed by atoms with Gasteiger partial charge in [0.25, 0.3) is 0 Å². The molecule has 0 saturated heterocycles. The lowest BCUT2D eigenvalue weighted by atomic mass is 10.2. The highest BCUT2D eigenvalue weighted by atomic mass is 35.5. The van der Waals surface area contributed by atoms with Gasteiger partial charge in [-0.25, -0.2) is 9.50 Å². The molecule has 6 heteroatoms. The van der Waals surface area contributed by atoms with Gasteiger partial charge in [-0.2, -0.15) is 0 Å². The van der Waals surface area contributed by atoms with Crippen molar-refractivity contribution in [2.75, 3.05) is 5.32 Å². The number of hydrogen-bond acceptors (Lipinski definition) is 3. The molecule has 0 amide bonds. The second kappa shape index (κ2) is 5.31. The van der Waals surface area contributed by atoms with E-state index < -0.39 is 0 Å². The maximum Gasteiger partial charge on any atom is 0.156 e. The minimum Gasteiger partial charge on any atom is -0.365 e. The second-order valence-corrected chi connectivity index (χ2v) is 5.32. The minimum atomic E-state index is 0.556. The molecule has 0 fully saturated rings. The number of nitrogens with one attached hydrogen (secondary N) is 1. The van der Waals surface area contributed by atoms with E-state index in [2.05, 4.69) is 15.4 Å². The Morgan fingerprint density at radius 1 is 1.20 bits per heavy atom.